The van der Waals surface area contributed by atoms with Crippen molar-refractivity contribution < 1.29 is 12.9 Å². The molecule has 2 heterocycles. The Balaban J connectivity index is 2.13. The SMILES string of the molecule is CN1CCN(c2cnn(C[B-](F)(F)F)c(=O)c2)CC1. The van der Waals surface area contributed by atoms with E-state index in [1.165, 1.54) is 12.3 Å². The number of nitrogens with zero attached hydrogens (tertiary/aromatic N) is 4. The first kappa shape index (κ1) is 13.9. The molecule has 106 valence electrons. The molecule has 19 heavy (non-hydrogen) atoms. The third-order valence-electron chi connectivity index (χ3n) is 3.10. The number of anilines is 1. The minimum atomic E-state index is -5.06. The van der Waals surface area contributed by atoms with Crippen LogP contribution in [0.2, 0.25) is 0 Å². The average molecular weight is 275 g/mol. The lowest BCUT2D eigenvalue weighted by molar-refractivity contribution is 0.312. The molecule has 0 N–H and O–H groups in total. The molecular formula is C10H15BF3N4O-. The number of halogens is 3. The van der Waals surface area contributed by atoms with Gasteiger partial charge in [-0.25, -0.2) is 0 Å². The molecule has 0 spiro atoms. The van der Waals surface area contributed by atoms with Gasteiger partial charge < -0.3 is 22.7 Å². The molecular weight excluding hydrogens is 260 g/mol. The van der Waals surface area contributed by atoms with Gasteiger partial charge in [-0.15, -0.1) is 0 Å². The molecule has 1 fully saturated rings. The van der Waals surface area contributed by atoms with Gasteiger partial charge in [0.1, 0.15) is 0 Å². The fourth-order valence-electron chi connectivity index (χ4n) is 1.99. The molecule has 1 saturated heterocycles. The van der Waals surface area contributed by atoms with E-state index in [0.29, 0.717) is 10.4 Å². The van der Waals surface area contributed by atoms with Crippen LogP contribution in [0.4, 0.5) is 18.6 Å². The van der Waals surface area contributed by atoms with Crippen molar-refractivity contribution in [3.8, 4) is 0 Å². The van der Waals surface area contributed by atoms with Crippen LogP contribution in [0.5, 0.6) is 0 Å². The Morgan fingerprint density at radius 2 is 1.89 bits per heavy atom. The van der Waals surface area contributed by atoms with Crippen molar-refractivity contribution in [2.45, 2.75) is 6.44 Å². The number of likely N-dealkylation sites (N-methyl/N-ethyl adjacent to an activating group) is 1. The Morgan fingerprint density at radius 1 is 1.26 bits per heavy atom. The van der Waals surface area contributed by atoms with Crippen LogP contribution >= 0.6 is 0 Å². The van der Waals surface area contributed by atoms with Gasteiger partial charge in [0, 0.05) is 38.7 Å². The maximum atomic E-state index is 12.3. The molecule has 0 saturated carbocycles. The summed E-state index contributed by atoms with van der Waals surface area (Å²) < 4.78 is 37.3. The van der Waals surface area contributed by atoms with E-state index in [1.54, 1.807) is 0 Å². The van der Waals surface area contributed by atoms with Crippen LogP contribution in [0.1, 0.15) is 0 Å². The summed E-state index contributed by atoms with van der Waals surface area (Å²) in [6, 6.07) is 1.22. The smallest absolute Gasteiger partial charge is 0.448 e. The van der Waals surface area contributed by atoms with Crippen molar-refractivity contribution in [1.29, 1.82) is 0 Å². The zero-order valence-corrected chi connectivity index (χ0v) is 10.6. The summed E-state index contributed by atoms with van der Waals surface area (Å²) in [5, 5.41) is 3.60. The Kier molecular flexibility index (Phi) is 3.84. The summed E-state index contributed by atoms with van der Waals surface area (Å²) in [5.41, 5.74) is -0.125. The molecule has 0 amide bonds. The molecule has 0 radical (unpaired) electrons. The number of hydrogen-bond acceptors (Lipinski definition) is 4. The van der Waals surface area contributed by atoms with Gasteiger partial charge in [0.25, 0.3) is 5.56 Å². The zero-order valence-electron chi connectivity index (χ0n) is 10.6. The second-order valence-corrected chi connectivity index (χ2v) is 4.73. The number of rotatable bonds is 3. The Labute approximate surface area is 108 Å². The first-order valence-electron chi connectivity index (χ1n) is 6.07. The molecule has 0 aromatic carbocycles. The molecule has 0 bridgehead atoms. The topological polar surface area (TPSA) is 41.4 Å². The lowest BCUT2D eigenvalue weighted by Gasteiger charge is -2.33. The maximum Gasteiger partial charge on any atom is 0.499 e. The second kappa shape index (κ2) is 5.24. The Bertz CT molecular complexity index is 496. The van der Waals surface area contributed by atoms with Gasteiger partial charge in [-0.1, -0.05) is 0 Å². The highest BCUT2D eigenvalue weighted by Crippen LogP contribution is 2.13. The van der Waals surface area contributed by atoms with Gasteiger partial charge in [0.15, 0.2) is 0 Å². The second-order valence-electron chi connectivity index (χ2n) is 4.73. The van der Waals surface area contributed by atoms with E-state index in [-0.39, 0.29) is 0 Å². The highest BCUT2D eigenvalue weighted by molar-refractivity contribution is 6.57. The maximum absolute atomic E-state index is 12.3. The third-order valence-corrected chi connectivity index (χ3v) is 3.10. The van der Waals surface area contributed by atoms with Crippen LogP contribution in [-0.2, 0) is 6.44 Å². The van der Waals surface area contributed by atoms with E-state index in [0.717, 1.165) is 26.2 Å². The first-order valence-corrected chi connectivity index (χ1v) is 6.07. The number of hydrogen-bond donors (Lipinski definition) is 0. The van der Waals surface area contributed by atoms with Gasteiger partial charge in [-0.3, -0.25) is 9.48 Å². The van der Waals surface area contributed by atoms with E-state index >= 15 is 0 Å². The van der Waals surface area contributed by atoms with Crippen molar-refractivity contribution in [2.24, 2.45) is 0 Å². The number of aromatic nitrogens is 2. The summed E-state index contributed by atoms with van der Waals surface area (Å²) in [6.07, 6.45) is 0.0381. The number of piperazine rings is 1. The van der Waals surface area contributed by atoms with Gasteiger partial charge >= 0.3 is 6.98 Å². The monoisotopic (exact) mass is 275 g/mol. The molecule has 2 rings (SSSR count). The fraction of sp³-hybridized carbons (Fsp3) is 0.600. The third kappa shape index (κ3) is 3.73. The molecule has 9 heteroatoms. The summed E-state index contributed by atoms with van der Waals surface area (Å²) in [6.45, 7) is -1.86. The highest BCUT2D eigenvalue weighted by Gasteiger charge is 2.25. The van der Waals surface area contributed by atoms with Crippen LogP contribution < -0.4 is 10.5 Å². The van der Waals surface area contributed by atoms with E-state index < -0.39 is 19.0 Å². The normalized spacial score (nSPS) is 17.8. The van der Waals surface area contributed by atoms with Gasteiger partial charge in [0.05, 0.1) is 11.9 Å². The average Bonchev–Trinajstić information content (AvgIpc) is 2.31. The van der Waals surface area contributed by atoms with E-state index in [2.05, 4.69) is 10.00 Å². The Hall–Kier alpha value is -1.51. The van der Waals surface area contributed by atoms with Gasteiger partial charge in [-0.05, 0) is 7.05 Å². The minimum absolute atomic E-state index is 0.458. The largest absolute Gasteiger partial charge is 0.499 e. The molecule has 1 aromatic rings. The van der Waals surface area contributed by atoms with Crippen LogP contribution in [0.3, 0.4) is 0 Å². The minimum Gasteiger partial charge on any atom is -0.448 e. The van der Waals surface area contributed by atoms with Crippen LogP contribution in [0.15, 0.2) is 17.1 Å². The zero-order chi connectivity index (χ0) is 14.0. The molecule has 5 nitrogen and oxygen atoms in total. The molecule has 1 aliphatic rings. The van der Waals surface area contributed by atoms with Crippen molar-refractivity contribution in [2.75, 3.05) is 38.1 Å². The predicted molar refractivity (Wildman–Crippen MR) is 67.3 cm³/mol. The highest BCUT2D eigenvalue weighted by atomic mass is 19.4. The lowest BCUT2D eigenvalue weighted by Crippen LogP contribution is -2.45. The summed E-state index contributed by atoms with van der Waals surface area (Å²) in [4.78, 5) is 15.7. The van der Waals surface area contributed by atoms with Crippen LogP contribution in [0, 0.1) is 0 Å². The van der Waals surface area contributed by atoms with Gasteiger partial charge in [0.2, 0.25) is 0 Å². The van der Waals surface area contributed by atoms with Crippen molar-refractivity contribution in [1.82, 2.24) is 14.7 Å². The van der Waals surface area contributed by atoms with Crippen molar-refractivity contribution >= 4 is 12.7 Å². The first-order chi connectivity index (χ1) is 8.85. The molecule has 0 atom stereocenters. The predicted octanol–water partition coefficient (Wildman–Crippen LogP) is 0.382. The van der Waals surface area contributed by atoms with Crippen molar-refractivity contribution in [3.05, 3.63) is 22.6 Å². The van der Waals surface area contributed by atoms with Gasteiger partial charge in [-0.2, -0.15) is 5.10 Å². The lowest BCUT2D eigenvalue weighted by atomic mass is 9.93. The fourth-order valence-corrected chi connectivity index (χ4v) is 1.99. The van der Waals surface area contributed by atoms with Crippen LogP contribution in [-0.4, -0.2) is 54.9 Å². The summed E-state index contributed by atoms with van der Waals surface area (Å²) >= 11 is 0. The molecule has 1 aliphatic heterocycles. The van der Waals surface area contributed by atoms with Crippen molar-refractivity contribution in [3.63, 3.8) is 0 Å². The molecule has 0 aliphatic carbocycles. The van der Waals surface area contributed by atoms with Crippen LogP contribution in [0.25, 0.3) is 0 Å². The Morgan fingerprint density at radius 3 is 2.42 bits per heavy atom. The summed E-state index contributed by atoms with van der Waals surface area (Å²) in [7, 11) is 2.00. The summed E-state index contributed by atoms with van der Waals surface area (Å²) in [5.74, 6) is 0. The standard InChI is InChI=1S/C10H15BF3N4O/c1-16-2-4-17(5-3-16)9-6-10(19)18(15-7-9)8-11(12,13)14/h6-7H,2-5,8H2,1H3/q-1. The quantitative estimate of drug-likeness (QED) is 0.748. The molecule has 1 aromatic heterocycles. The van der Waals surface area contributed by atoms with E-state index in [4.69, 9.17) is 0 Å². The van der Waals surface area contributed by atoms with E-state index in [1.807, 2.05) is 11.9 Å². The molecule has 0 unspecified atom stereocenters. The van der Waals surface area contributed by atoms with E-state index in [9.17, 15) is 17.7 Å².